The van der Waals surface area contributed by atoms with Crippen molar-refractivity contribution in [2.75, 3.05) is 36.9 Å². The summed E-state index contributed by atoms with van der Waals surface area (Å²) in [7, 11) is 0. The van der Waals surface area contributed by atoms with E-state index in [1.54, 1.807) is 12.1 Å². The predicted molar refractivity (Wildman–Crippen MR) is 141 cm³/mol. The molecule has 2 heterocycles. The second kappa shape index (κ2) is 12.6. The fourth-order valence-electron chi connectivity index (χ4n) is 3.76. The van der Waals surface area contributed by atoms with Crippen LogP contribution in [-0.2, 0) is 11.2 Å². The monoisotopic (exact) mass is 501 g/mol. The van der Waals surface area contributed by atoms with Gasteiger partial charge in [0, 0.05) is 47.9 Å². The van der Waals surface area contributed by atoms with Gasteiger partial charge in [-0.1, -0.05) is 24.8 Å². The molecular weight excluding hydrogens is 473 g/mol. The summed E-state index contributed by atoms with van der Waals surface area (Å²) in [4.78, 5) is 23.1. The Kier molecular flexibility index (Phi) is 8.75. The molecule has 1 amide bonds. The van der Waals surface area contributed by atoms with E-state index in [0.29, 0.717) is 36.0 Å². The molecule has 2 aromatic heterocycles. The molecular formula is C27H28FN7O2. The quantitative estimate of drug-likeness (QED) is 0.246. The first-order chi connectivity index (χ1) is 18.0. The third kappa shape index (κ3) is 7.33. The van der Waals surface area contributed by atoms with Crippen LogP contribution in [0.5, 0.6) is 0 Å². The van der Waals surface area contributed by atoms with Crippen LogP contribution in [0.15, 0.2) is 54.9 Å². The third-order valence-corrected chi connectivity index (χ3v) is 5.62. The van der Waals surface area contributed by atoms with Crippen molar-refractivity contribution in [2.45, 2.75) is 19.8 Å². The molecule has 4 N–H and O–H groups in total. The second-order valence-electron chi connectivity index (χ2n) is 8.30. The highest BCUT2D eigenvalue weighted by Crippen LogP contribution is 2.23. The van der Waals surface area contributed by atoms with Crippen LogP contribution in [0.2, 0.25) is 0 Å². The molecule has 0 saturated heterocycles. The highest BCUT2D eigenvalue weighted by Gasteiger charge is 2.10. The molecule has 0 aliphatic rings. The summed E-state index contributed by atoms with van der Waals surface area (Å²) >= 11 is 0. The zero-order valence-electron chi connectivity index (χ0n) is 20.5. The third-order valence-electron chi connectivity index (χ3n) is 5.62. The average molecular weight is 502 g/mol. The number of aromatic nitrogens is 4. The van der Waals surface area contributed by atoms with Crippen LogP contribution in [0.3, 0.4) is 0 Å². The number of carbonyl (C=O) groups excluding carboxylic acids is 1. The topological polar surface area (TPSA) is 119 Å². The van der Waals surface area contributed by atoms with E-state index in [4.69, 9.17) is 5.11 Å². The molecule has 0 aliphatic carbocycles. The summed E-state index contributed by atoms with van der Waals surface area (Å²) in [5.41, 5.74) is 2.58. The van der Waals surface area contributed by atoms with Crippen molar-refractivity contribution in [1.82, 2.24) is 25.1 Å². The Labute approximate surface area is 214 Å². The highest BCUT2D eigenvalue weighted by molar-refractivity contribution is 5.93. The summed E-state index contributed by atoms with van der Waals surface area (Å²) in [6, 6.07) is 13.2. The number of benzene rings is 2. The van der Waals surface area contributed by atoms with Crippen molar-refractivity contribution in [3.8, 4) is 11.8 Å². The van der Waals surface area contributed by atoms with Gasteiger partial charge in [0.1, 0.15) is 18.0 Å². The first kappa shape index (κ1) is 25.8. The Morgan fingerprint density at radius 1 is 1.16 bits per heavy atom. The molecule has 190 valence electrons. The van der Waals surface area contributed by atoms with Crippen molar-refractivity contribution in [1.29, 1.82) is 0 Å². The van der Waals surface area contributed by atoms with E-state index >= 15 is 0 Å². The Bertz CT molecular complexity index is 1430. The smallest absolute Gasteiger partial charge is 0.230 e. The summed E-state index contributed by atoms with van der Waals surface area (Å²) in [6.45, 7) is 4.55. The summed E-state index contributed by atoms with van der Waals surface area (Å²) < 4.78 is 13.3. The van der Waals surface area contributed by atoms with E-state index in [9.17, 15) is 9.18 Å². The molecule has 0 radical (unpaired) electrons. The zero-order valence-corrected chi connectivity index (χ0v) is 20.5. The lowest BCUT2D eigenvalue weighted by Gasteiger charge is -2.16. The first-order valence-electron chi connectivity index (χ1n) is 12.0. The standard InChI is InChI=1S/C27H28FN7O2/c1-2-35(12-13-36)11-4-3-6-19-9-10-23-24(14-19)29-18-30-27(23)32-25-16-22(33-34-25)17-26(37)31-21-8-5-7-20(28)15-21/h5,7-10,14-16,18,36H,2,4,11-13,17H2,1H3,(H,31,37)(H2,29,30,32,33,34). The molecule has 37 heavy (non-hydrogen) atoms. The minimum absolute atomic E-state index is 0.0494. The number of nitrogens with one attached hydrogen (secondary N) is 3. The van der Waals surface area contributed by atoms with Crippen molar-refractivity contribution < 1.29 is 14.3 Å². The number of aliphatic hydroxyl groups excluding tert-OH is 1. The maximum absolute atomic E-state index is 13.3. The van der Waals surface area contributed by atoms with Gasteiger partial charge in [0.05, 0.1) is 18.5 Å². The molecule has 0 spiro atoms. The lowest BCUT2D eigenvalue weighted by molar-refractivity contribution is -0.115. The number of amides is 1. The van der Waals surface area contributed by atoms with Crippen LogP contribution in [0.4, 0.5) is 21.7 Å². The van der Waals surface area contributed by atoms with E-state index in [1.165, 1.54) is 24.5 Å². The van der Waals surface area contributed by atoms with Crippen molar-refractivity contribution in [3.05, 3.63) is 71.9 Å². The molecule has 9 nitrogen and oxygen atoms in total. The number of aliphatic hydroxyl groups is 1. The molecule has 0 atom stereocenters. The molecule has 0 fully saturated rings. The number of aromatic amines is 1. The van der Waals surface area contributed by atoms with E-state index < -0.39 is 5.82 Å². The number of fused-ring (bicyclic) bond motifs is 1. The number of hydrogen-bond acceptors (Lipinski definition) is 7. The molecule has 0 bridgehead atoms. The Morgan fingerprint density at radius 3 is 2.86 bits per heavy atom. The number of halogens is 1. The molecule has 0 saturated carbocycles. The van der Waals surface area contributed by atoms with Gasteiger partial charge in [0.25, 0.3) is 0 Å². The first-order valence-corrected chi connectivity index (χ1v) is 12.0. The molecule has 10 heteroatoms. The highest BCUT2D eigenvalue weighted by atomic mass is 19.1. The van der Waals surface area contributed by atoms with E-state index in [1.807, 2.05) is 18.2 Å². The van der Waals surface area contributed by atoms with Gasteiger partial charge in [0.15, 0.2) is 5.82 Å². The fourth-order valence-corrected chi connectivity index (χ4v) is 3.76. The van der Waals surface area contributed by atoms with Crippen molar-refractivity contribution in [2.24, 2.45) is 0 Å². The van der Waals surface area contributed by atoms with Crippen molar-refractivity contribution in [3.63, 3.8) is 0 Å². The van der Waals surface area contributed by atoms with Gasteiger partial charge in [0.2, 0.25) is 5.91 Å². The van der Waals surface area contributed by atoms with Gasteiger partial charge < -0.3 is 20.6 Å². The maximum Gasteiger partial charge on any atom is 0.230 e. The largest absolute Gasteiger partial charge is 0.395 e. The van der Waals surface area contributed by atoms with Crippen LogP contribution in [0, 0.1) is 17.7 Å². The minimum Gasteiger partial charge on any atom is -0.395 e. The van der Waals surface area contributed by atoms with Crippen LogP contribution in [0.1, 0.15) is 24.6 Å². The van der Waals surface area contributed by atoms with Gasteiger partial charge in [-0.05, 0) is 42.9 Å². The number of anilines is 3. The number of likely N-dealkylation sites (N-methyl/N-ethyl adjacent to an activating group) is 1. The van der Waals surface area contributed by atoms with Crippen LogP contribution >= 0.6 is 0 Å². The minimum atomic E-state index is -0.417. The summed E-state index contributed by atoms with van der Waals surface area (Å²) in [5.74, 6) is 6.72. The number of nitrogens with zero attached hydrogens (tertiary/aromatic N) is 4. The van der Waals surface area contributed by atoms with E-state index in [0.717, 1.165) is 29.6 Å². The SMILES string of the molecule is CCN(CCO)CCC#Cc1ccc2c(Nc3cc(CC(=O)Nc4cccc(F)c4)[nH]n3)ncnc2c1. The molecule has 2 aromatic carbocycles. The number of rotatable bonds is 10. The number of hydrogen-bond donors (Lipinski definition) is 4. The summed E-state index contributed by atoms with van der Waals surface area (Å²) in [6.07, 6.45) is 2.23. The number of carbonyl (C=O) groups is 1. The number of H-pyrrole nitrogens is 1. The van der Waals surface area contributed by atoms with Gasteiger partial charge in [-0.3, -0.25) is 9.89 Å². The second-order valence-corrected chi connectivity index (χ2v) is 8.30. The fraction of sp³-hybridized carbons (Fsp3) is 0.259. The van der Waals surface area contributed by atoms with Crippen LogP contribution in [0.25, 0.3) is 10.9 Å². The predicted octanol–water partition coefficient (Wildman–Crippen LogP) is 3.47. The van der Waals surface area contributed by atoms with E-state index in [-0.39, 0.29) is 18.9 Å². The lowest BCUT2D eigenvalue weighted by Crippen LogP contribution is -2.27. The average Bonchev–Trinajstić information content (AvgIpc) is 3.32. The lowest BCUT2D eigenvalue weighted by atomic mass is 10.1. The van der Waals surface area contributed by atoms with Gasteiger partial charge >= 0.3 is 0 Å². The Balaban J connectivity index is 1.38. The van der Waals surface area contributed by atoms with Gasteiger partial charge in [-0.2, -0.15) is 5.10 Å². The molecule has 0 unspecified atom stereocenters. The maximum atomic E-state index is 13.3. The Hall–Kier alpha value is -4.33. The molecule has 0 aliphatic heterocycles. The van der Waals surface area contributed by atoms with Crippen molar-refractivity contribution >= 4 is 34.1 Å². The molecule has 4 aromatic rings. The normalized spacial score (nSPS) is 10.8. The van der Waals surface area contributed by atoms with Crippen LogP contribution in [-0.4, -0.2) is 62.3 Å². The Morgan fingerprint density at radius 2 is 2.05 bits per heavy atom. The molecule has 4 rings (SSSR count). The van der Waals surface area contributed by atoms with E-state index in [2.05, 4.69) is 54.5 Å². The zero-order chi connectivity index (χ0) is 26.0. The van der Waals surface area contributed by atoms with Crippen LogP contribution < -0.4 is 10.6 Å². The summed E-state index contributed by atoms with van der Waals surface area (Å²) in [5, 5.41) is 22.8. The van der Waals surface area contributed by atoms with Gasteiger partial charge in [-0.25, -0.2) is 14.4 Å². The van der Waals surface area contributed by atoms with Gasteiger partial charge in [-0.15, -0.1) is 0 Å².